The van der Waals surface area contributed by atoms with E-state index in [4.69, 9.17) is 4.74 Å². The number of likely N-dealkylation sites (tertiary alicyclic amines) is 2. The number of rotatable bonds is 7. The molecule has 0 aromatic rings. The van der Waals surface area contributed by atoms with Gasteiger partial charge in [0.1, 0.15) is 0 Å². The molecule has 2 aliphatic rings. The molecular weight excluding hydrogens is 284 g/mol. The summed E-state index contributed by atoms with van der Waals surface area (Å²) in [6, 6.07) is 0. The summed E-state index contributed by atoms with van der Waals surface area (Å²) < 4.78 is 5.91. The molecule has 0 N–H and O–H groups in total. The molecule has 0 aromatic carbocycles. The minimum absolute atomic E-state index is 0.808. The fourth-order valence-electron chi connectivity index (χ4n) is 3.71. The van der Waals surface area contributed by atoms with Crippen LogP contribution in [0.4, 0.5) is 0 Å². The molecule has 0 saturated carbocycles. The van der Waals surface area contributed by atoms with Crippen molar-refractivity contribution in [2.24, 2.45) is 17.8 Å². The quantitative estimate of drug-likeness (QED) is 0.654. The Morgan fingerprint density at radius 1 is 0.957 bits per heavy atom. The van der Waals surface area contributed by atoms with E-state index in [0.29, 0.717) is 0 Å². The number of hydrogen-bond acceptors (Lipinski definition) is 3. The minimum Gasteiger partial charge on any atom is -0.381 e. The molecule has 138 valence electrons. The van der Waals surface area contributed by atoms with Crippen molar-refractivity contribution in [3.8, 4) is 0 Å². The zero-order valence-corrected chi connectivity index (χ0v) is 16.5. The van der Waals surface area contributed by atoms with Gasteiger partial charge in [0.05, 0.1) is 0 Å². The van der Waals surface area contributed by atoms with Gasteiger partial charge in [-0.2, -0.15) is 0 Å². The standard InChI is InChI=1S/C18H36N2O.C2H6/c1-16(2)18-7-12-20(13-8-18)9-4-14-21-15-17-5-10-19(3)11-6-17;1-2/h16-18H,4-15H2,1-3H3;1-2H3. The van der Waals surface area contributed by atoms with Crippen LogP contribution in [0.15, 0.2) is 0 Å². The summed E-state index contributed by atoms with van der Waals surface area (Å²) in [5.74, 6) is 2.63. The minimum atomic E-state index is 0.808. The van der Waals surface area contributed by atoms with Crippen LogP contribution in [0.1, 0.15) is 59.8 Å². The smallest absolute Gasteiger partial charge is 0.0495 e. The van der Waals surface area contributed by atoms with Gasteiger partial charge in [-0.15, -0.1) is 0 Å². The normalized spacial score (nSPS) is 22.2. The summed E-state index contributed by atoms with van der Waals surface area (Å²) in [6.07, 6.45) is 6.64. The van der Waals surface area contributed by atoms with E-state index < -0.39 is 0 Å². The molecule has 0 radical (unpaired) electrons. The van der Waals surface area contributed by atoms with E-state index in [2.05, 4.69) is 30.7 Å². The molecular formula is C20H42N2O. The highest BCUT2D eigenvalue weighted by atomic mass is 16.5. The number of ether oxygens (including phenoxy) is 1. The van der Waals surface area contributed by atoms with Gasteiger partial charge < -0.3 is 14.5 Å². The third-order valence-corrected chi connectivity index (χ3v) is 5.53. The zero-order chi connectivity index (χ0) is 17.1. The van der Waals surface area contributed by atoms with Crippen molar-refractivity contribution >= 4 is 0 Å². The Kier molecular flexibility index (Phi) is 11.2. The fourth-order valence-corrected chi connectivity index (χ4v) is 3.71. The lowest BCUT2D eigenvalue weighted by Gasteiger charge is -2.33. The van der Waals surface area contributed by atoms with Crippen LogP contribution in [0.25, 0.3) is 0 Å². The molecule has 0 spiro atoms. The predicted octanol–water partition coefficient (Wildman–Crippen LogP) is 4.13. The molecule has 0 amide bonds. The van der Waals surface area contributed by atoms with Crippen molar-refractivity contribution in [3.05, 3.63) is 0 Å². The topological polar surface area (TPSA) is 15.7 Å². The average molecular weight is 327 g/mol. The lowest BCUT2D eigenvalue weighted by molar-refractivity contribution is 0.0627. The molecule has 0 unspecified atom stereocenters. The molecule has 3 heteroatoms. The van der Waals surface area contributed by atoms with Crippen LogP contribution in [0, 0.1) is 17.8 Å². The first-order valence-electron chi connectivity index (χ1n) is 10.1. The van der Waals surface area contributed by atoms with E-state index in [0.717, 1.165) is 31.0 Å². The zero-order valence-electron chi connectivity index (χ0n) is 16.5. The van der Waals surface area contributed by atoms with Crippen molar-refractivity contribution in [1.29, 1.82) is 0 Å². The summed E-state index contributed by atoms with van der Waals surface area (Å²) in [5, 5.41) is 0. The van der Waals surface area contributed by atoms with Crippen molar-refractivity contribution in [1.82, 2.24) is 9.80 Å². The second-order valence-electron chi connectivity index (χ2n) is 7.60. The van der Waals surface area contributed by atoms with E-state index in [9.17, 15) is 0 Å². The molecule has 3 nitrogen and oxygen atoms in total. The molecule has 2 saturated heterocycles. The third kappa shape index (κ3) is 8.51. The first-order chi connectivity index (χ1) is 11.1. The summed E-state index contributed by atoms with van der Waals surface area (Å²) in [7, 11) is 2.22. The molecule has 2 aliphatic heterocycles. The van der Waals surface area contributed by atoms with Crippen LogP contribution in [-0.2, 0) is 4.74 Å². The highest BCUT2D eigenvalue weighted by Crippen LogP contribution is 2.24. The van der Waals surface area contributed by atoms with Crippen molar-refractivity contribution in [3.63, 3.8) is 0 Å². The van der Waals surface area contributed by atoms with Crippen molar-refractivity contribution in [2.75, 3.05) is 53.0 Å². The van der Waals surface area contributed by atoms with Crippen molar-refractivity contribution in [2.45, 2.75) is 59.8 Å². The van der Waals surface area contributed by atoms with Crippen LogP contribution in [0.2, 0.25) is 0 Å². The maximum atomic E-state index is 5.91. The van der Waals surface area contributed by atoms with E-state index in [1.807, 2.05) is 13.8 Å². The second-order valence-corrected chi connectivity index (χ2v) is 7.60. The van der Waals surface area contributed by atoms with Crippen LogP contribution < -0.4 is 0 Å². The summed E-state index contributed by atoms with van der Waals surface area (Å²) in [4.78, 5) is 5.06. The van der Waals surface area contributed by atoms with Gasteiger partial charge in [-0.3, -0.25) is 0 Å². The van der Waals surface area contributed by atoms with Crippen molar-refractivity contribution < 1.29 is 4.74 Å². The van der Waals surface area contributed by atoms with Gasteiger partial charge in [-0.05, 0) is 83.1 Å². The van der Waals surface area contributed by atoms with Gasteiger partial charge in [-0.1, -0.05) is 27.7 Å². The Bertz CT molecular complexity index is 267. The summed E-state index contributed by atoms with van der Waals surface area (Å²) in [5.41, 5.74) is 0. The Hall–Kier alpha value is -0.120. The van der Waals surface area contributed by atoms with Gasteiger partial charge in [0, 0.05) is 19.8 Å². The monoisotopic (exact) mass is 326 g/mol. The van der Waals surface area contributed by atoms with Crippen LogP contribution in [0.5, 0.6) is 0 Å². The Morgan fingerprint density at radius 3 is 2.13 bits per heavy atom. The van der Waals surface area contributed by atoms with Crippen LogP contribution >= 0.6 is 0 Å². The molecule has 0 bridgehead atoms. The Balaban J connectivity index is 0.00000127. The van der Waals surface area contributed by atoms with E-state index in [-0.39, 0.29) is 0 Å². The summed E-state index contributed by atoms with van der Waals surface area (Å²) in [6.45, 7) is 17.0. The maximum absolute atomic E-state index is 5.91. The lowest BCUT2D eigenvalue weighted by Crippen LogP contribution is -2.36. The third-order valence-electron chi connectivity index (χ3n) is 5.53. The lowest BCUT2D eigenvalue weighted by atomic mass is 9.87. The molecule has 0 aliphatic carbocycles. The van der Waals surface area contributed by atoms with E-state index in [1.165, 1.54) is 64.8 Å². The van der Waals surface area contributed by atoms with E-state index in [1.54, 1.807) is 0 Å². The predicted molar refractivity (Wildman–Crippen MR) is 101 cm³/mol. The average Bonchev–Trinajstić information content (AvgIpc) is 2.58. The maximum Gasteiger partial charge on any atom is 0.0495 e. The molecule has 0 aromatic heterocycles. The number of nitrogens with zero attached hydrogens (tertiary/aromatic N) is 2. The Morgan fingerprint density at radius 2 is 1.57 bits per heavy atom. The number of hydrogen-bond donors (Lipinski definition) is 0. The highest BCUT2D eigenvalue weighted by Gasteiger charge is 2.21. The molecule has 0 atom stereocenters. The van der Waals surface area contributed by atoms with Gasteiger partial charge >= 0.3 is 0 Å². The largest absolute Gasteiger partial charge is 0.381 e. The van der Waals surface area contributed by atoms with Gasteiger partial charge in [0.2, 0.25) is 0 Å². The fraction of sp³-hybridized carbons (Fsp3) is 1.00. The first-order valence-corrected chi connectivity index (χ1v) is 10.1. The van der Waals surface area contributed by atoms with Gasteiger partial charge in [0.15, 0.2) is 0 Å². The highest BCUT2D eigenvalue weighted by molar-refractivity contribution is 4.74. The summed E-state index contributed by atoms with van der Waals surface area (Å²) >= 11 is 0. The SMILES string of the molecule is CC.CC(C)C1CCN(CCCOCC2CCN(C)CC2)CC1. The van der Waals surface area contributed by atoms with Gasteiger partial charge in [-0.25, -0.2) is 0 Å². The first kappa shape index (κ1) is 20.9. The van der Waals surface area contributed by atoms with Gasteiger partial charge in [0.25, 0.3) is 0 Å². The second kappa shape index (κ2) is 12.3. The molecule has 2 rings (SSSR count). The molecule has 2 fully saturated rings. The molecule has 23 heavy (non-hydrogen) atoms. The Labute approximate surface area is 145 Å². The number of piperidine rings is 2. The van der Waals surface area contributed by atoms with E-state index >= 15 is 0 Å². The van der Waals surface area contributed by atoms with Crippen LogP contribution in [-0.4, -0.2) is 62.8 Å². The molecule has 2 heterocycles. The van der Waals surface area contributed by atoms with Crippen LogP contribution in [0.3, 0.4) is 0 Å².